The van der Waals surface area contributed by atoms with Crippen LogP contribution in [0.15, 0.2) is 24.3 Å². The molecule has 1 N–H and O–H groups in total. The molecule has 0 atom stereocenters. The topological polar surface area (TPSA) is 40.5 Å². The van der Waals surface area contributed by atoms with E-state index in [0.717, 1.165) is 30.3 Å². The molecule has 0 heterocycles. The molecule has 104 valence electrons. The van der Waals surface area contributed by atoms with E-state index in [9.17, 15) is 4.79 Å². The molecule has 1 rings (SSSR count). The van der Waals surface area contributed by atoms with Crippen molar-refractivity contribution in [2.24, 2.45) is 5.92 Å². The van der Waals surface area contributed by atoms with Crippen LogP contribution in [0.25, 0.3) is 6.08 Å². The molecule has 0 saturated carbocycles. The van der Waals surface area contributed by atoms with Gasteiger partial charge in [0.2, 0.25) is 0 Å². The molecule has 0 fully saturated rings. The van der Waals surface area contributed by atoms with Crippen LogP contribution in [0.4, 0.5) is 5.69 Å². The molecule has 0 aliphatic heterocycles. The summed E-state index contributed by atoms with van der Waals surface area (Å²) in [6.45, 7) is 5.23. The monoisotopic (exact) mass is 281 g/mol. The summed E-state index contributed by atoms with van der Waals surface area (Å²) in [5.41, 5.74) is 1.70. The number of carboxylic acids is 1. The number of carbonyl (C=O) groups is 1. The first-order valence-corrected chi connectivity index (χ1v) is 6.70. The maximum Gasteiger partial charge on any atom is 0.328 e. The fraction of sp³-hybridized carbons (Fsp3) is 0.400. The van der Waals surface area contributed by atoms with Crippen molar-refractivity contribution in [3.05, 3.63) is 34.9 Å². The lowest BCUT2D eigenvalue weighted by atomic mass is 10.1. The lowest BCUT2D eigenvalue weighted by molar-refractivity contribution is -0.131. The first-order valence-electron chi connectivity index (χ1n) is 6.32. The zero-order valence-corrected chi connectivity index (χ0v) is 12.3. The van der Waals surface area contributed by atoms with Crippen LogP contribution in [-0.2, 0) is 4.79 Å². The molecular weight excluding hydrogens is 262 g/mol. The number of hydrogen-bond acceptors (Lipinski definition) is 2. The summed E-state index contributed by atoms with van der Waals surface area (Å²) in [5, 5.41) is 9.35. The lowest BCUT2D eigenvalue weighted by Crippen LogP contribution is -2.21. The minimum absolute atomic E-state index is 0.614. The van der Waals surface area contributed by atoms with Gasteiger partial charge >= 0.3 is 5.97 Å². The van der Waals surface area contributed by atoms with Crippen molar-refractivity contribution in [1.29, 1.82) is 0 Å². The maximum atomic E-state index is 10.6. The third-order valence-corrected chi connectivity index (χ3v) is 3.15. The van der Waals surface area contributed by atoms with Crippen LogP contribution in [0.2, 0.25) is 5.02 Å². The van der Waals surface area contributed by atoms with E-state index in [1.165, 1.54) is 0 Å². The zero-order valence-electron chi connectivity index (χ0n) is 11.6. The van der Waals surface area contributed by atoms with E-state index in [2.05, 4.69) is 18.7 Å². The van der Waals surface area contributed by atoms with Crippen LogP contribution in [0, 0.1) is 5.92 Å². The molecular formula is C15H20ClNO2. The molecule has 0 saturated heterocycles. The van der Waals surface area contributed by atoms with Gasteiger partial charge in [-0.05, 0) is 30.0 Å². The summed E-state index contributed by atoms with van der Waals surface area (Å²) in [4.78, 5) is 12.7. The highest BCUT2D eigenvalue weighted by atomic mass is 35.5. The van der Waals surface area contributed by atoms with Crippen LogP contribution in [0.1, 0.15) is 25.8 Å². The van der Waals surface area contributed by atoms with Crippen molar-refractivity contribution in [3.8, 4) is 0 Å². The summed E-state index contributed by atoms with van der Waals surface area (Å²) in [6.07, 6.45) is 3.77. The molecule has 19 heavy (non-hydrogen) atoms. The third kappa shape index (κ3) is 4.95. The predicted octanol–water partition coefficient (Wildman–Crippen LogP) is 3.92. The van der Waals surface area contributed by atoms with Gasteiger partial charge in [-0.1, -0.05) is 37.6 Å². The number of para-hydroxylation sites is 1. The van der Waals surface area contributed by atoms with Crippen molar-refractivity contribution in [1.82, 2.24) is 0 Å². The van der Waals surface area contributed by atoms with E-state index in [0.29, 0.717) is 10.9 Å². The Labute approximate surface area is 119 Å². The van der Waals surface area contributed by atoms with Crippen molar-refractivity contribution >= 4 is 29.3 Å². The Bertz CT molecular complexity index is 469. The molecule has 0 aliphatic carbocycles. The van der Waals surface area contributed by atoms with E-state index >= 15 is 0 Å². The average Bonchev–Trinajstić information content (AvgIpc) is 2.33. The smallest absolute Gasteiger partial charge is 0.328 e. The maximum absolute atomic E-state index is 10.6. The molecule has 0 radical (unpaired) electrons. The number of nitrogens with zero attached hydrogens (tertiary/aromatic N) is 1. The second-order valence-electron chi connectivity index (χ2n) is 4.95. The van der Waals surface area contributed by atoms with Crippen molar-refractivity contribution in [2.75, 3.05) is 18.5 Å². The summed E-state index contributed by atoms with van der Waals surface area (Å²) in [5.74, 6) is -0.348. The standard InChI is InChI=1S/C15H20ClNO2/c1-11(2)9-10-17(3)15-12(7-8-14(18)19)5-4-6-13(15)16/h4-8,11H,9-10H2,1-3H3,(H,18,19)/b8-7+. The van der Waals surface area contributed by atoms with Crippen molar-refractivity contribution in [3.63, 3.8) is 0 Å². The Morgan fingerprint density at radius 1 is 1.47 bits per heavy atom. The highest BCUT2D eigenvalue weighted by Gasteiger charge is 2.10. The Morgan fingerprint density at radius 2 is 2.16 bits per heavy atom. The highest BCUT2D eigenvalue weighted by molar-refractivity contribution is 6.33. The van der Waals surface area contributed by atoms with E-state index in [-0.39, 0.29) is 0 Å². The van der Waals surface area contributed by atoms with Crippen molar-refractivity contribution < 1.29 is 9.90 Å². The first-order chi connectivity index (χ1) is 8.91. The van der Waals surface area contributed by atoms with E-state index in [1.54, 1.807) is 6.08 Å². The number of halogens is 1. The van der Waals surface area contributed by atoms with Gasteiger partial charge in [0.15, 0.2) is 0 Å². The fourth-order valence-corrected chi connectivity index (χ4v) is 2.12. The Kier molecular flexibility index (Phi) is 5.90. The van der Waals surface area contributed by atoms with Crippen LogP contribution >= 0.6 is 11.6 Å². The van der Waals surface area contributed by atoms with Crippen LogP contribution in [0.3, 0.4) is 0 Å². The molecule has 3 nitrogen and oxygen atoms in total. The van der Waals surface area contributed by atoms with Gasteiger partial charge in [0, 0.05) is 19.7 Å². The molecule has 0 spiro atoms. The van der Waals surface area contributed by atoms with Crippen molar-refractivity contribution in [2.45, 2.75) is 20.3 Å². The normalized spacial score (nSPS) is 11.2. The number of hydrogen-bond donors (Lipinski definition) is 1. The molecule has 0 unspecified atom stereocenters. The van der Waals surface area contributed by atoms with Gasteiger partial charge in [-0.2, -0.15) is 0 Å². The van der Waals surface area contributed by atoms with Crippen LogP contribution in [-0.4, -0.2) is 24.7 Å². The van der Waals surface area contributed by atoms with Crippen LogP contribution in [0.5, 0.6) is 0 Å². The molecule has 0 aliphatic rings. The number of carboxylic acid groups (broad SMARTS) is 1. The highest BCUT2D eigenvalue weighted by Crippen LogP contribution is 2.30. The molecule has 0 amide bonds. The van der Waals surface area contributed by atoms with Crippen LogP contribution < -0.4 is 4.90 Å². The zero-order chi connectivity index (χ0) is 14.4. The summed E-state index contributed by atoms with van der Waals surface area (Å²) < 4.78 is 0. The van der Waals surface area contributed by atoms with Gasteiger partial charge in [0.1, 0.15) is 0 Å². The van der Waals surface area contributed by atoms with E-state index in [1.807, 2.05) is 25.2 Å². The minimum Gasteiger partial charge on any atom is -0.478 e. The number of rotatable bonds is 6. The molecule has 0 bridgehead atoms. The van der Waals surface area contributed by atoms with Gasteiger partial charge < -0.3 is 10.0 Å². The third-order valence-electron chi connectivity index (χ3n) is 2.85. The van der Waals surface area contributed by atoms with Gasteiger partial charge in [-0.25, -0.2) is 4.79 Å². The van der Waals surface area contributed by atoms with Gasteiger partial charge in [-0.15, -0.1) is 0 Å². The van der Waals surface area contributed by atoms with Gasteiger partial charge in [0.05, 0.1) is 10.7 Å². The molecule has 0 aromatic heterocycles. The minimum atomic E-state index is -0.962. The Balaban J connectivity index is 3.00. The molecule has 1 aromatic carbocycles. The summed E-state index contributed by atoms with van der Waals surface area (Å²) >= 11 is 6.23. The van der Waals surface area contributed by atoms with E-state index in [4.69, 9.17) is 16.7 Å². The van der Waals surface area contributed by atoms with Gasteiger partial charge in [-0.3, -0.25) is 0 Å². The first kappa shape index (κ1) is 15.6. The largest absolute Gasteiger partial charge is 0.478 e. The molecule has 1 aromatic rings. The second kappa shape index (κ2) is 7.19. The molecule has 4 heteroatoms. The summed E-state index contributed by atoms with van der Waals surface area (Å²) in [7, 11) is 1.97. The summed E-state index contributed by atoms with van der Waals surface area (Å²) in [6, 6.07) is 5.51. The Morgan fingerprint density at radius 3 is 2.74 bits per heavy atom. The van der Waals surface area contributed by atoms with E-state index < -0.39 is 5.97 Å². The van der Waals surface area contributed by atoms with Gasteiger partial charge in [0.25, 0.3) is 0 Å². The lowest BCUT2D eigenvalue weighted by Gasteiger charge is -2.23. The fourth-order valence-electron chi connectivity index (χ4n) is 1.79. The number of benzene rings is 1. The Hall–Kier alpha value is -1.48. The SMILES string of the molecule is CC(C)CCN(C)c1c(Cl)cccc1/C=C/C(=O)O. The number of aliphatic carboxylic acids is 1. The predicted molar refractivity (Wildman–Crippen MR) is 80.8 cm³/mol. The quantitative estimate of drug-likeness (QED) is 0.804. The second-order valence-corrected chi connectivity index (χ2v) is 5.36. The average molecular weight is 282 g/mol. The number of anilines is 1.